The van der Waals surface area contributed by atoms with E-state index in [-0.39, 0.29) is 0 Å². The lowest BCUT2D eigenvalue weighted by atomic mass is 10.1. The number of hydrogen-bond donors (Lipinski definition) is 3. The van der Waals surface area contributed by atoms with Crippen molar-refractivity contribution in [1.82, 2.24) is 24.9 Å². The second kappa shape index (κ2) is 10.5. The highest BCUT2D eigenvalue weighted by molar-refractivity contribution is 5.95. The molecule has 9 heteroatoms. The third-order valence-corrected chi connectivity index (χ3v) is 7.25. The molecule has 2 aromatic carbocycles. The molecule has 1 aliphatic heterocycles. The Labute approximate surface area is 237 Å². The van der Waals surface area contributed by atoms with E-state index < -0.39 is 0 Å². The van der Waals surface area contributed by atoms with Crippen LogP contribution in [-0.4, -0.2) is 51.2 Å². The number of aromatic nitrogens is 5. The van der Waals surface area contributed by atoms with Crippen molar-refractivity contribution in [1.29, 1.82) is 0 Å². The Balaban J connectivity index is 1.13. The van der Waals surface area contributed by atoms with Gasteiger partial charge < -0.3 is 25.3 Å². The van der Waals surface area contributed by atoms with Gasteiger partial charge in [0, 0.05) is 58.8 Å². The number of nitrogens with zero attached hydrogens (tertiary/aromatic N) is 5. The first-order chi connectivity index (χ1) is 20.1. The molecule has 0 atom stereocenters. The smallest absolute Gasteiger partial charge is 0.157 e. The zero-order chi connectivity index (χ0) is 27.8. The van der Waals surface area contributed by atoms with Gasteiger partial charge in [-0.3, -0.25) is 15.0 Å². The van der Waals surface area contributed by atoms with Crippen LogP contribution in [-0.2, 0) is 4.74 Å². The van der Waals surface area contributed by atoms with Crippen LogP contribution in [0, 0.1) is 13.8 Å². The molecular formula is C32H30N8O. The van der Waals surface area contributed by atoms with Crippen LogP contribution in [0.3, 0.4) is 0 Å². The van der Waals surface area contributed by atoms with Gasteiger partial charge in [0.15, 0.2) is 5.82 Å². The number of nitrogens with one attached hydrogen (secondary N) is 3. The number of pyridine rings is 3. The Hall–Kier alpha value is -5.02. The summed E-state index contributed by atoms with van der Waals surface area (Å²) in [5.41, 5.74) is 10.5. The number of anilines is 5. The second-order valence-corrected chi connectivity index (χ2v) is 10.3. The Bertz CT molecular complexity index is 1860. The number of imidazole rings is 1. The fraction of sp³-hybridized carbons (Fsp3) is 0.188. The Morgan fingerprint density at radius 3 is 2.44 bits per heavy atom. The first kappa shape index (κ1) is 25.0. The Morgan fingerprint density at radius 2 is 1.61 bits per heavy atom. The van der Waals surface area contributed by atoms with Crippen LogP contribution in [0.15, 0.2) is 79.1 Å². The van der Waals surface area contributed by atoms with E-state index in [1.54, 1.807) is 6.20 Å². The normalized spacial score (nSPS) is 13.6. The van der Waals surface area contributed by atoms with Crippen LogP contribution in [0.1, 0.15) is 11.4 Å². The average Bonchev–Trinajstić information content (AvgIpc) is 3.41. The maximum absolute atomic E-state index is 5.53. The van der Waals surface area contributed by atoms with Gasteiger partial charge in [0.05, 0.1) is 41.6 Å². The van der Waals surface area contributed by atoms with Gasteiger partial charge in [-0.05, 0) is 80.6 Å². The van der Waals surface area contributed by atoms with Crippen LogP contribution in [0.25, 0.3) is 33.5 Å². The molecule has 204 valence electrons. The number of hydrogen-bond acceptors (Lipinski definition) is 8. The summed E-state index contributed by atoms with van der Waals surface area (Å²) in [5, 5.41) is 8.07. The molecule has 0 saturated carbocycles. The molecule has 0 aliphatic carbocycles. The largest absolute Gasteiger partial charge is 0.378 e. The van der Waals surface area contributed by atoms with Gasteiger partial charge in [-0.15, -0.1) is 0 Å². The van der Waals surface area contributed by atoms with Crippen LogP contribution >= 0.6 is 0 Å². The topological polar surface area (TPSA) is 104 Å². The van der Waals surface area contributed by atoms with E-state index in [1.165, 1.54) is 5.69 Å². The Morgan fingerprint density at radius 1 is 0.756 bits per heavy atom. The minimum atomic E-state index is 0.726. The predicted octanol–water partition coefficient (Wildman–Crippen LogP) is 6.51. The number of aromatic amines is 1. The molecule has 9 nitrogen and oxygen atoms in total. The number of ether oxygens (including phenoxy) is 1. The van der Waals surface area contributed by atoms with Gasteiger partial charge in [0.2, 0.25) is 0 Å². The lowest BCUT2D eigenvalue weighted by Gasteiger charge is -2.29. The second-order valence-electron chi connectivity index (χ2n) is 10.3. The van der Waals surface area contributed by atoms with E-state index in [2.05, 4.69) is 49.8 Å². The first-order valence-electron chi connectivity index (χ1n) is 13.7. The molecule has 0 radical (unpaired) electrons. The van der Waals surface area contributed by atoms with Crippen molar-refractivity contribution < 1.29 is 4.74 Å². The molecule has 0 bridgehead atoms. The van der Waals surface area contributed by atoms with E-state index in [4.69, 9.17) is 19.7 Å². The molecule has 0 amide bonds. The molecular weight excluding hydrogens is 512 g/mol. The lowest BCUT2D eigenvalue weighted by molar-refractivity contribution is 0.122. The van der Waals surface area contributed by atoms with Gasteiger partial charge in [-0.25, -0.2) is 4.98 Å². The molecule has 4 aromatic heterocycles. The van der Waals surface area contributed by atoms with Gasteiger partial charge in [0.1, 0.15) is 5.69 Å². The maximum Gasteiger partial charge on any atom is 0.157 e. The standard InChI is InChI=1S/C32H30N8O/c1-20-15-23(9-10-33-20)36-22-3-6-28-31(17-22)39-32(38-28)29-7-4-24(19-34-29)37-30-16-21(2)35-27-8-5-25(18-26(27)30)40-11-13-41-14-12-40/h3-10,15-19H,11-14H2,1-2H3,(H,33,36)(H,35,37)(H,38,39). The van der Waals surface area contributed by atoms with Crippen molar-refractivity contribution in [3.8, 4) is 11.5 Å². The van der Waals surface area contributed by atoms with Crippen molar-refractivity contribution in [2.24, 2.45) is 0 Å². The average molecular weight is 543 g/mol. The third kappa shape index (κ3) is 5.27. The van der Waals surface area contributed by atoms with E-state index in [9.17, 15) is 0 Å². The highest BCUT2D eigenvalue weighted by atomic mass is 16.5. The molecule has 1 aliphatic rings. The van der Waals surface area contributed by atoms with Gasteiger partial charge in [-0.1, -0.05) is 0 Å². The molecule has 1 fully saturated rings. The molecule has 0 spiro atoms. The van der Waals surface area contributed by atoms with Crippen LogP contribution in [0.2, 0.25) is 0 Å². The van der Waals surface area contributed by atoms with Crippen LogP contribution in [0.4, 0.5) is 28.4 Å². The third-order valence-electron chi connectivity index (χ3n) is 7.25. The molecule has 1 saturated heterocycles. The summed E-state index contributed by atoms with van der Waals surface area (Å²) in [4.78, 5) is 24.3. The monoisotopic (exact) mass is 542 g/mol. The van der Waals surface area contributed by atoms with Gasteiger partial charge >= 0.3 is 0 Å². The summed E-state index contributed by atoms with van der Waals surface area (Å²) in [6.07, 6.45) is 3.64. The fourth-order valence-corrected chi connectivity index (χ4v) is 5.23. The summed E-state index contributed by atoms with van der Waals surface area (Å²) >= 11 is 0. The number of benzene rings is 2. The molecule has 7 rings (SSSR count). The number of aryl methyl sites for hydroxylation is 2. The number of rotatable bonds is 6. The van der Waals surface area contributed by atoms with E-state index in [0.29, 0.717) is 0 Å². The zero-order valence-electron chi connectivity index (χ0n) is 23.0. The predicted molar refractivity (Wildman–Crippen MR) is 164 cm³/mol. The molecule has 41 heavy (non-hydrogen) atoms. The lowest BCUT2D eigenvalue weighted by Crippen LogP contribution is -2.36. The first-order valence-corrected chi connectivity index (χ1v) is 13.7. The van der Waals surface area contributed by atoms with E-state index in [0.717, 1.165) is 93.9 Å². The quantitative estimate of drug-likeness (QED) is 0.219. The van der Waals surface area contributed by atoms with Crippen molar-refractivity contribution in [3.05, 3.63) is 90.5 Å². The maximum atomic E-state index is 5.53. The summed E-state index contributed by atoms with van der Waals surface area (Å²) < 4.78 is 5.53. The number of morpholine rings is 1. The highest BCUT2D eigenvalue weighted by Crippen LogP contribution is 2.31. The van der Waals surface area contributed by atoms with Gasteiger partial charge in [-0.2, -0.15) is 0 Å². The highest BCUT2D eigenvalue weighted by Gasteiger charge is 2.14. The van der Waals surface area contributed by atoms with E-state index >= 15 is 0 Å². The van der Waals surface area contributed by atoms with Gasteiger partial charge in [0.25, 0.3) is 0 Å². The summed E-state index contributed by atoms with van der Waals surface area (Å²) in [5.74, 6) is 0.726. The minimum Gasteiger partial charge on any atom is -0.378 e. The summed E-state index contributed by atoms with van der Waals surface area (Å²) in [7, 11) is 0. The van der Waals surface area contributed by atoms with Crippen molar-refractivity contribution >= 4 is 50.4 Å². The fourth-order valence-electron chi connectivity index (χ4n) is 5.23. The molecule has 0 unspecified atom stereocenters. The number of fused-ring (bicyclic) bond motifs is 2. The van der Waals surface area contributed by atoms with Crippen LogP contribution in [0.5, 0.6) is 0 Å². The minimum absolute atomic E-state index is 0.726. The van der Waals surface area contributed by atoms with Crippen molar-refractivity contribution in [2.45, 2.75) is 13.8 Å². The zero-order valence-corrected chi connectivity index (χ0v) is 23.0. The molecule has 5 heterocycles. The van der Waals surface area contributed by atoms with Crippen molar-refractivity contribution in [3.63, 3.8) is 0 Å². The SMILES string of the molecule is Cc1cc(Nc2ccc3[nH]c(-c4ccc(Nc5cc(C)nc6ccc(N7CCOCC7)cc56)cn4)nc3c2)ccn1. The Kier molecular flexibility index (Phi) is 6.41. The van der Waals surface area contributed by atoms with Crippen LogP contribution < -0.4 is 15.5 Å². The summed E-state index contributed by atoms with van der Waals surface area (Å²) in [6.45, 7) is 7.28. The molecule has 6 aromatic rings. The number of H-pyrrole nitrogens is 1. The van der Waals surface area contributed by atoms with E-state index in [1.807, 2.05) is 62.5 Å². The summed E-state index contributed by atoms with van der Waals surface area (Å²) in [6, 6.07) is 22.6. The van der Waals surface area contributed by atoms with Crippen molar-refractivity contribution in [2.75, 3.05) is 41.8 Å². The molecule has 3 N–H and O–H groups in total.